The van der Waals surface area contributed by atoms with Crippen LogP contribution in [0.15, 0.2) is 41.3 Å². The summed E-state index contributed by atoms with van der Waals surface area (Å²) in [6, 6.07) is 8.68. The average Bonchev–Trinajstić information content (AvgIpc) is 2.80. The molecule has 1 aromatic heterocycles. The number of aromatic nitrogens is 1. The summed E-state index contributed by atoms with van der Waals surface area (Å²) in [5.74, 6) is -0.664. The number of hydrogen-bond donors (Lipinski definition) is 2. The molecule has 7 heteroatoms. The lowest BCUT2D eigenvalue weighted by atomic mass is 10.0. The van der Waals surface area contributed by atoms with Crippen LogP contribution in [0.1, 0.15) is 34.9 Å². The number of nitrogens with one attached hydrogen (secondary N) is 1. The summed E-state index contributed by atoms with van der Waals surface area (Å²) in [5, 5.41) is 9.96. The Hall–Kier alpha value is -2.96. The fourth-order valence-corrected chi connectivity index (χ4v) is 2.75. The molecule has 2 heterocycles. The molecule has 0 saturated carbocycles. The van der Waals surface area contributed by atoms with E-state index < -0.39 is 17.1 Å². The maximum Gasteiger partial charge on any atom is 0.360 e. The predicted molar refractivity (Wildman–Crippen MR) is 87.0 cm³/mol. The Morgan fingerprint density at radius 1 is 1.38 bits per heavy atom. The Bertz CT molecular complexity index is 815. The molecule has 0 bridgehead atoms. The molecule has 24 heavy (non-hydrogen) atoms. The lowest BCUT2D eigenvalue weighted by Gasteiger charge is -2.23. The van der Waals surface area contributed by atoms with Gasteiger partial charge in [-0.25, -0.2) is 4.79 Å². The molecule has 0 fully saturated rings. The summed E-state index contributed by atoms with van der Waals surface area (Å²) in [7, 11) is 1.19. The van der Waals surface area contributed by atoms with Gasteiger partial charge in [0.2, 0.25) is 5.43 Å². The van der Waals surface area contributed by atoms with Gasteiger partial charge in [0.05, 0.1) is 19.8 Å². The molecule has 1 aliphatic heterocycles. The van der Waals surface area contributed by atoms with Crippen LogP contribution in [0.2, 0.25) is 0 Å². The van der Waals surface area contributed by atoms with Gasteiger partial charge in [-0.1, -0.05) is 18.2 Å². The van der Waals surface area contributed by atoms with E-state index in [0.29, 0.717) is 6.61 Å². The average molecular weight is 330 g/mol. The fourth-order valence-electron chi connectivity index (χ4n) is 2.75. The van der Waals surface area contributed by atoms with Crippen LogP contribution in [-0.4, -0.2) is 29.5 Å². The molecule has 1 atom stereocenters. The quantitative estimate of drug-likeness (QED) is 0.834. The molecular formula is C17H18N2O5. The Kier molecular flexibility index (Phi) is 4.41. The SMILES string of the molecule is COC(=O)c1c(O)c(=O)ccn1NC1CCCOc2ccccc21. The normalized spacial score (nSPS) is 16.5. The van der Waals surface area contributed by atoms with E-state index in [-0.39, 0.29) is 11.7 Å². The largest absolute Gasteiger partial charge is 0.502 e. The highest BCUT2D eigenvalue weighted by Gasteiger charge is 2.23. The second-order valence-corrected chi connectivity index (χ2v) is 5.45. The number of benzene rings is 1. The van der Waals surface area contributed by atoms with E-state index in [1.807, 2.05) is 24.3 Å². The third kappa shape index (κ3) is 2.92. The van der Waals surface area contributed by atoms with Crippen molar-refractivity contribution in [3.8, 4) is 11.5 Å². The molecule has 3 rings (SSSR count). The van der Waals surface area contributed by atoms with Crippen molar-refractivity contribution in [2.24, 2.45) is 0 Å². The summed E-state index contributed by atoms with van der Waals surface area (Å²) < 4.78 is 11.7. The van der Waals surface area contributed by atoms with Crippen LogP contribution in [0.25, 0.3) is 0 Å². The van der Waals surface area contributed by atoms with Gasteiger partial charge >= 0.3 is 5.97 Å². The van der Waals surface area contributed by atoms with Gasteiger partial charge in [-0.15, -0.1) is 0 Å². The van der Waals surface area contributed by atoms with Gasteiger partial charge in [-0.3, -0.25) is 9.47 Å². The number of methoxy groups -OCH3 is 1. The number of hydrogen-bond acceptors (Lipinski definition) is 6. The molecule has 0 saturated heterocycles. The van der Waals surface area contributed by atoms with E-state index in [9.17, 15) is 14.7 Å². The van der Waals surface area contributed by atoms with Crippen molar-refractivity contribution in [1.29, 1.82) is 0 Å². The number of rotatable bonds is 3. The van der Waals surface area contributed by atoms with Crippen LogP contribution in [-0.2, 0) is 4.74 Å². The first-order valence-corrected chi connectivity index (χ1v) is 7.63. The zero-order valence-corrected chi connectivity index (χ0v) is 13.2. The molecule has 0 amide bonds. The second-order valence-electron chi connectivity index (χ2n) is 5.45. The topological polar surface area (TPSA) is 89.8 Å². The molecule has 0 aliphatic carbocycles. The standard InChI is InChI=1S/C17H18N2O5/c1-23-17(22)15-16(21)13(20)8-9-19(15)18-12-6-4-10-24-14-7-3-2-5-11(12)14/h2-3,5,7-9,12,18,21H,4,6,10H2,1H3. The first kappa shape index (κ1) is 15.9. The smallest absolute Gasteiger partial charge is 0.360 e. The van der Waals surface area contributed by atoms with Crippen LogP contribution < -0.4 is 15.6 Å². The lowest BCUT2D eigenvalue weighted by Crippen LogP contribution is -2.28. The van der Waals surface area contributed by atoms with Crippen molar-refractivity contribution in [3.63, 3.8) is 0 Å². The molecule has 7 nitrogen and oxygen atoms in total. The van der Waals surface area contributed by atoms with Gasteiger partial charge < -0.3 is 20.0 Å². The van der Waals surface area contributed by atoms with Gasteiger partial charge in [0.1, 0.15) is 5.75 Å². The maximum absolute atomic E-state index is 12.0. The van der Waals surface area contributed by atoms with E-state index in [1.54, 1.807) is 0 Å². The molecule has 1 unspecified atom stereocenters. The summed E-state index contributed by atoms with van der Waals surface area (Å²) in [5.41, 5.74) is 3.24. The van der Waals surface area contributed by atoms with Gasteiger partial charge in [0.25, 0.3) is 0 Å². The number of carbonyl (C=O) groups excluding carboxylic acids is 1. The van der Waals surface area contributed by atoms with Gasteiger partial charge in [-0.05, 0) is 18.9 Å². The molecule has 2 N–H and O–H groups in total. The van der Waals surface area contributed by atoms with Crippen molar-refractivity contribution < 1.29 is 19.4 Å². The van der Waals surface area contributed by atoms with E-state index >= 15 is 0 Å². The van der Waals surface area contributed by atoms with Gasteiger partial charge in [0.15, 0.2) is 11.4 Å². The number of ether oxygens (including phenoxy) is 2. The predicted octanol–water partition coefficient (Wildman–Crippen LogP) is 1.80. The highest BCUT2D eigenvalue weighted by Crippen LogP contribution is 2.32. The molecule has 1 aromatic carbocycles. The zero-order valence-electron chi connectivity index (χ0n) is 13.2. The first-order valence-electron chi connectivity index (χ1n) is 7.63. The minimum absolute atomic E-state index is 0.144. The Balaban J connectivity index is 2.01. The minimum atomic E-state index is -0.796. The minimum Gasteiger partial charge on any atom is -0.502 e. The number of esters is 1. The van der Waals surface area contributed by atoms with Crippen molar-refractivity contribution in [1.82, 2.24) is 4.68 Å². The Morgan fingerprint density at radius 2 is 2.17 bits per heavy atom. The number of fused-ring (bicyclic) bond motifs is 1. The van der Waals surface area contributed by atoms with Gasteiger partial charge in [0, 0.05) is 17.8 Å². The van der Waals surface area contributed by atoms with E-state index in [0.717, 1.165) is 24.2 Å². The highest BCUT2D eigenvalue weighted by atomic mass is 16.5. The number of carbonyl (C=O) groups is 1. The highest BCUT2D eigenvalue weighted by molar-refractivity contribution is 5.90. The van der Waals surface area contributed by atoms with Crippen molar-refractivity contribution >= 4 is 5.97 Å². The van der Waals surface area contributed by atoms with Crippen molar-refractivity contribution in [3.05, 3.63) is 58.0 Å². The van der Waals surface area contributed by atoms with Gasteiger partial charge in [-0.2, -0.15) is 0 Å². The van der Waals surface area contributed by atoms with Crippen LogP contribution >= 0.6 is 0 Å². The maximum atomic E-state index is 12.0. The molecule has 0 spiro atoms. The molecule has 126 valence electrons. The summed E-state index contributed by atoms with van der Waals surface area (Å²) in [6.07, 6.45) is 3.00. The molecule has 1 aliphatic rings. The van der Waals surface area contributed by atoms with E-state index in [1.165, 1.54) is 24.0 Å². The van der Waals surface area contributed by atoms with Crippen LogP contribution in [0.5, 0.6) is 11.5 Å². The van der Waals surface area contributed by atoms with Crippen LogP contribution in [0.4, 0.5) is 0 Å². The number of pyridine rings is 1. The zero-order chi connectivity index (χ0) is 17.1. The van der Waals surface area contributed by atoms with Crippen LogP contribution in [0, 0.1) is 0 Å². The number of aromatic hydroxyl groups is 1. The third-order valence-electron chi connectivity index (χ3n) is 3.94. The first-order chi connectivity index (χ1) is 11.6. The Labute approximate surface area is 138 Å². The summed E-state index contributed by atoms with van der Waals surface area (Å²) in [6.45, 7) is 0.606. The Morgan fingerprint density at radius 3 is 2.96 bits per heavy atom. The summed E-state index contributed by atoms with van der Waals surface area (Å²) in [4.78, 5) is 23.6. The van der Waals surface area contributed by atoms with E-state index in [4.69, 9.17) is 4.74 Å². The fraction of sp³-hybridized carbons (Fsp3) is 0.294. The third-order valence-corrected chi connectivity index (χ3v) is 3.94. The second kappa shape index (κ2) is 6.66. The summed E-state index contributed by atoms with van der Waals surface area (Å²) >= 11 is 0. The lowest BCUT2D eigenvalue weighted by molar-refractivity contribution is 0.0584. The molecule has 0 radical (unpaired) electrons. The van der Waals surface area contributed by atoms with Crippen LogP contribution in [0.3, 0.4) is 0 Å². The number of nitrogens with zero attached hydrogens (tertiary/aromatic N) is 1. The molecular weight excluding hydrogens is 312 g/mol. The monoisotopic (exact) mass is 330 g/mol. The molecule has 2 aromatic rings. The van der Waals surface area contributed by atoms with Crippen molar-refractivity contribution in [2.45, 2.75) is 18.9 Å². The van der Waals surface area contributed by atoms with E-state index in [2.05, 4.69) is 10.2 Å². The number of para-hydroxylation sites is 1. The van der Waals surface area contributed by atoms with Crippen molar-refractivity contribution in [2.75, 3.05) is 19.1 Å².